The molecule has 0 spiro atoms. The number of amides is 2. The van der Waals surface area contributed by atoms with Gasteiger partial charge in [0.15, 0.2) is 0 Å². The summed E-state index contributed by atoms with van der Waals surface area (Å²) in [5.74, 6) is -0.211. The highest BCUT2D eigenvalue weighted by molar-refractivity contribution is 5.86. The zero-order valence-electron chi connectivity index (χ0n) is 9.53. The molecule has 2 rings (SSSR count). The van der Waals surface area contributed by atoms with E-state index in [1.165, 1.54) is 0 Å². The van der Waals surface area contributed by atoms with E-state index in [1.54, 1.807) is 0 Å². The van der Waals surface area contributed by atoms with Crippen LogP contribution < -0.4 is 16.0 Å². The Hall–Kier alpha value is -1.18. The molecule has 2 aliphatic heterocycles. The number of hydrogen-bond donors (Lipinski definition) is 3. The number of nitrogens with one attached hydrogen (secondary N) is 3. The van der Waals surface area contributed by atoms with Crippen LogP contribution in [0.2, 0.25) is 0 Å². The van der Waals surface area contributed by atoms with Crippen molar-refractivity contribution in [1.82, 2.24) is 16.0 Å². The van der Waals surface area contributed by atoms with Gasteiger partial charge in [-0.15, -0.1) is 0 Å². The average Bonchev–Trinajstić information content (AvgIpc) is 2.38. The smallest absolute Gasteiger partial charge is 0.239 e. The first kappa shape index (κ1) is 12.3. The van der Waals surface area contributed by atoms with Crippen molar-refractivity contribution in [3.63, 3.8) is 0 Å². The van der Waals surface area contributed by atoms with Gasteiger partial charge in [-0.1, -0.05) is 0 Å². The van der Waals surface area contributed by atoms with E-state index in [4.69, 9.17) is 9.47 Å². The topological polar surface area (TPSA) is 88.7 Å². The molecule has 2 heterocycles. The molecule has 2 amide bonds. The maximum Gasteiger partial charge on any atom is 0.239 e. The Labute approximate surface area is 99.2 Å². The van der Waals surface area contributed by atoms with Gasteiger partial charge in [-0.25, -0.2) is 0 Å². The van der Waals surface area contributed by atoms with Crippen LogP contribution in [-0.2, 0) is 19.1 Å². The number of hydrogen-bond acceptors (Lipinski definition) is 5. The molecular weight excluding hydrogens is 226 g/mol. The second kappa shape index (κ2) is 5.95. The van der Waals surface area contributed by atoms with Crippen molar-refractivity contribution in [3.05, 3.63) is 0 Å². The molecule has 2 aliphatic rings. The molecule has 0 aromatic rings. The van der Waals surface area contributed by atoms with E-state index >= 15 is 0 Å². The Morgan fingerprint density at radius 2 is 2.35 bits per heavy atom. The standard InChI is InChI=1S/C10H17N3O4/c14-9-5-11-8(4-12-9)10(15)13-3-7-6-16-1-2-17-7/h7-8,11H,1-6H2,(H,12,14)(H,13,15). The quantitative estimate of drug-likeness (QED) is 0.514. The third-order valence-electron chi connectivity index (χ3n) is 2.72. The molecule has 0 aromatic carbocycles. The zero-order chi connectivity index (χ0) is 12.1. The average molecular weight is 243 g/mol. The van der Waals surface area contributed by atoms with Crippen LogP contribution in [0.5, 0.6) is 0 Å². The molecule has 3 N–H and O–H groups in total. The first-order chi connectivity index (χ1) is 8.25. The van der Waals surface area contributed by atoms with E-state index in [-0.39, 0.29) is 30.5 Å². The number of ether oxygens (including phenoxy) is 2. The van der Waals surface area contributed by atoms with E-state index < -0.39 is 0 Å². The largest absolute Gasteiger partial charge is 0.376 e. The SMILES string of the molecule is O=C1CNC(C(=O)NCC2COCCO2)CN1. The van der Waals surface area contributed by atoms with Gasteiger partial charge in [0, 0.05) is 13.1 Å². The third kappa shape index (κ3) is 3.65. The lowest BCUT2D eigenvalue weighted by molar-refractivity contribution is -0.128. The van der Waals surface area contributed by atoms with Crippen molar-refractivity contribution < 1.29 is 19.1 Å². The molecule has 17 heavy (non-hydrogen) atoms. The summed E-state index contributed by atoms with van der Waals surface area (Å²) >= 11 is 0. The van der Waals surface area contributed by atoms with Crippen LogP contribution in [-0.4, -0.2) is 63.4 Å². The summed E-state index contributed by atoms with van der Waals surface area (Å²) in [6.07, 6.45) is -0.0779. The molecule has 7 nitrogen and oxygen atoms in total. The van der Waals surface area contributed by atoms with Crippen LogP contribution >= 0.6 is 0 Å². The molecular formula is C10H17N3O4. The first-order valence-corrected chi connectivity index (χ1v) is 5.73. The molecule has 7 heteroatoms. The van der Waals surface area contributed by atoms with Crippen molar-refractivity contribution in [1.29, 1.82) is 0 Å². The van der Waals surface area contributed by atoms with Gasteiger partial charge in [0.2, 0.25) is 11.8 Å². The van der Waals surface area contributed by atoms with Crippen molar-refractivity contribution >= 4 is 11.8 Å². The minimum atomic E-state index is -0.364. The monoisotopic (exact) mass is 243 g/mol. The maximum atomic E-state index is 11.7. The fourth-order valence-electron chi connectivity index (χ4n) is 1.74. The summed E-state index contributed by atoms with van der Waals surface area (Å²) in [5.41, 5.74) is 0. The minimum absolute atomic E-state index is 0.0779. The van der Waals surface area contributed by atoms with Crippen LogP contribution in [0.1, 0.15) is 0 Å². The summed E-state index contributed by atoms with van der Waals surface area (Å²) in [4.78, 5) is 22.6. The Morgan fingerprint density at radius 1 is 1.47 bits per heavy atom. The molecule has 0 saturated carbocycles. The summed E-state index contributed by atoms with van der Waals surface area (Å²) < 4.78 is 10.6. The van der Waals surface area contributed by atoms with Gasteiger partial charge in [0.05, 0.1) is 32.5 Å². The van der Waals surface area contributed by atoms with Crippen LogP contribution in [0.3, 0.4) is 0 Å². The lowest BCUT2D eigenvalue weighted by atomic mass is 10.2. The van der Waals surface area contributed by atoms with Crippen molar-refractivity contribution in [2.24, 2.45) is 0 Å². The lowest BCUT2D eigenvalue weighted by Crippen LogP contribution is -2.58. The minimum Gasteiger partial charge on any atom is -0.376 e. The molecule has 2 unspecified atom stereocenters. The fraction of sp³-hybridized carbons (Fsp3) is 0.800. The summed E-state index contributed by atoms with van der Waals surface area (Å²) in [6.45, 7) is 2.63. The van der Waals surface area contributed by atoms with Gasteiger partial charge >= 0.3 is 0 Å². The number of rotatable bonds is 3. The Kier molecular flexibility index (Phi) is 4.29. The molecule has 0 aliphatic carbocycles. The number of piperazine rings is 1. The second-order valence-corrected chi connectivity index (χ2v) is 4.05. The van der Waals surface area contributed by atoms with Gasteiger partial charge in [0.1, 0.15) is 6.04 Å². The van der Waals surface area contributed by atoms with Gasteiger partial charge in [-0.2, -0.15) is 0 Å². The van der Waals surface area contributed by atoms with Crippen LogP contribution in [0, 0.1) is 0 Å². The fourth-order valence-corrected chi connectivity index (χ4v) is 1.74. The lowest BCUT2D eigenvalue weighted by Gasteiger charge is -2.26. The number of carbonyl (C=O) groups is 2. The second-order valence-electron chi connectivity index (χ2n) is 4.05. The van der Waals surface area contributed by atoms with Gasteiger partial charge in [-0.3, -0.25) is 14.9 Å². The van der Waals surface area contributed by atoms with Gasteiger partial charge in [0.25, 0.3) is 0 Å². The maximum absolute atomic E-state index is 11.7. The van der Waals surface area contributed by atoms with Crippen LogP contribution in [0.4, 0.5) is 0 Å². The van der Waals surface area contributed by atoms with E-state index in [0.717, 1.165) is 0 Å². The molecule has 0 aromatic heterocycles. The van der Waals surface area contributed by atoms with Gasteiger partial charge < -0.3 is 20.1 Å². The van der Waals surface area contributed by atoms with Crippen molar-refractivity contribution in [3.8, 4) is 0 Å². The highest BCUT2D eigenvalue weighted by Gasteiger charge is 2.24. The molecule has 2 fully saturated rings. The molecule has 0 bridgehead atoms. The summed E-state index contributed by atoms with van der Waals surface area (Å²) in [6, 6.07) is -0.364. The molecule has 2 saturated heterocycles. The Bertz CT molecular complexity index is 281. The van der Waals surface area contributed by atoms with E-state index in [9.17, 15) is 9.59 Å². The van der Waals surface area contributed by atoms with Crippen molar-refractivity contribution in [2.75, 3.05) is 39.5 Å². The van der Waals surface area contributed by atoms with Crippen LogP contribution in [0.25, 0.3) is 0 Å². The predicted molar refractivity (Wildman–Crippen MR) is 58.4 cm³/mol. The normalized spacial score (nSPS) is 29.5. The highest BCUT2D eigenvalue weighted by Crippen LogP contribution is 1.99. The highest BCUT2D eigenvalue weighted by atomic mass is 16.6. The summed E-state index contributed by atoms with van der Waals surface area (Å²) in [5, 5.41) is 8.27. The Balaban J connectivity index is 1.67. The third-order valence-corrected chi connectivity index (χ3v) is 2.72. The van der Waals surface area contributed by atoms with E-state index in [0.29, 0.717) is 32.9 Å². The van der Waals surface area contributed by atoms with Gasteiger partial charge in [-0.05, 0) is 0 Å². The van der Waals surface area contributed by atoms with Crippen molar-refractivity contribution in [2.45, 2.75) is 12.1 Å². The molecule has 0 radical (unpaired) electrons. The van der Waals surface area contributed by atoms with E-state index in [1.807, 2.05) is 0 Å². The summed E-state index contributed by atoms with van der Waals surface area (Å²) in [7, 11) is 0. The predicted octanol–water partition coefficient (Wildman–Crippen LogP) is -2.39. The molecule has 96 valence electrons. The Morgan fingerprint density at radius 3 is 3.00 bits per heavy atom. The number of carbonyl (C=O) groups excluding carboxylic acids is 2. The molecule has 2 atom stereocenters. The first-order valence-electron chi connectivity index (χ1n) is 5.73. The van der Waals surface area contributed by atoms with E-state index in [2.05, 4.69) is 16.0 Å². The van der Waals surface area contributed by atoms with Crippen LogP contribution in [0.15, 0.2) is 0 Å². The zero-order valence-corrected chi connectivity index (χ0v) is 9.53.